The summed E-state index contributed by atoms with van der Waals surface area (Å²) >= 11 is 0. The van der Waals surface area contributed by atoms with Crippen molar-refractivity contribution in [2.75, 3.05) is 6.61 Å². The number of halogens is 1. The van der Waals surface area contributed by atoms with Crippen LogP contribution < -0.4 is 0 Å². The minimum Gasteiger partial charge on any atom is -0.444 e. The SMILES string of the molecule is Cc1cn(COCC[Si](C)(C)C)c2nccc(-c3c(-c4ccc(F)cc4)nn4c3CN(C(=O)OC(C)(C)C)[C@H](C)C4)c12. The lowest BCUT2D eigenvalue weighted by molar-refractivity contribution is 0.00914. The topological polar surface area (TPSA) is 74.4 Å². The molecule has 1 aliphatic heterocycles. The Kier molecular flexibility index (Phi) is 8.06. The van der Waals surface area contributed by atoms with Crippen molar-refractivity contribution in [2.24, 2.45) is 0 Å². The molecule has 1 amide bonds. The summed E-state index contributed by atoms with van der Waals surface area (Å²) in [6, 6.07) is 9.40. The summed E-state index contributed by atoms with van der Waals surface area (Å²) in [7, 11) is -1.20. The molecule has 0 bridgehead atoms. The number of carbonyl (C=O) groups excluding carboxylic acids is 1. The Bertz CT molecular complexity index is 1600. The van der Waals surface area contributed by atoms with Crippen LogP contribution in [0, 0.1) is 12.7 Å². The van der Waals surface area contributed by atoms with E-state index >= 15 is 0 Å². The summed E-state index contributed by atoms with van der Waals surface area (Å²) in [5.41, 5.74) is 5.63. The molecule has 0 spiro atoms. The number of hydrogen-bond donors (Lipinski definition) is 0. The normalized spacial score (nSPS) is 15.7. The predicted octanol–water partition coefficient (Wildman–Crippen LogP) is 7.47. The number of pyridine rings is 1. The number of hydrogen-bond acceptors (Lipinski definition) is 5. The van der Waals surface area contributed by atoms with Crippen LogP contribution in [0.15, 0.2) is 42.7 Å². The fraction of sp³-hybridized carbons (Fsp3) is 0.469. The number of benzene rings is 1. The number of rotatable bonds is 7. The van der Waals surface area contributed by atoms with Crippen molar-refractivity contribution in [1.82, 2.24) is 24.2 Å². The summed E-state index contributed by atoms with van der Waals surface area (Å²) < 4.78 is 29.8. The molecule has 1 aliphatic rings. The molecule has 4 heterocycles. The van der Waals surface area contributed by atoms with Gasteiger partial charge in [0.25, 0.3) is 0 Å². The lowest BCUT2D eigenvalue weighted by Gasteiger charge is -2.35. The van der Waals surface area contributed by atoms with Crippen LogP contribution in [-0.2, 0) is 29.3 Å². The van der Waals surface area contributed by atoms with Crippen LogP contribution in [0.1, 0.15) is 39.0 Å². The molecule has 0 saturated carbocycles. The maximum Gasteiger partial charge on any atom is 0.410 e. The average Bonchev–Trinajstić information content (AvgIpc) is 3.42. The highest BCUT2D eigenvalue weighted by atomic mass is 28.3. The fourth-order valence-electron chi connectivity index (χ4n) is 5.40. The van der Waals surface area contributed by atoms with Gasteiger partial charge >= 0.3 is 6.09 Å². The first-order valence-corrected chi connectivity index (χ1v) is 18.3. The molecule has 0 radical (unpaired) electrons. The maximum atomic E-state index is 13.9. The predicted molar refractivity (Wildman–Crippen MR) is 166 cm³/mol. The first-order chi connectivity index (χ1) is 19.7. The Hall–Kier alpha value is -3.50. The van der Waals surface area contributed by atoms with E-state index in [4.69, 9.17) is 19.6 Å². The second-order valence-corrected chi connectivity index (χ2v) is 19.1. The van der Waals surface area contributed by atoms with Gasteiger partial charge in [-0.25, -0.2) is 14.2 Å². The molecule has 4 aromatic rings. The Morgan fingerprint density at radius 3 is 2.52 bits per heavy atom. The minimum absolute atomic E-state index is 0.116. The van der Waals surface area contributed by atoms with Crippen molar-refractivity contribution in [3.05, 3.63) is 59.8 Å². The molecule has 0 aliphatic carbocycles. The molecule has 224 valence electrons. The van der Waals surface area contributed by atoms with Gasteiger partial charge < -0.3 is 14.0 Å². The summed E-state index contributed by atoms with van der Waals surface area (Å²) in [4.78, 5) is 19.8. The van der Waals surface area contributed by atoms with Gasteiger partial charge in [0.1, 0.15) is 29.5 Å². The van der Waals surface area contributed by atoms with Crippen molar-refractivity contribution in [1.29, 1.82) is 0 Å². The zero-order chi connectivity index (χ0) is 30.4. The molecule has 5 rings (SSSR count). The van der Waals surface area contributed by atoms with E-state index in [9.17, 15) is 9.18 Å². The highest BCUT2D eigenvalue weighted by Gasteiger charge is 2.35. The molecule has 10 heteroatoms. The van der Waals surface area contributed by atoms with Crippen molar-refractivity contribution in [3.63, 3.8) is 0 Å². The highest BCUT2D eigenvalue weighted by Crippen LogP contribution is 2.41. The van der Waals surface area contributed by atoms with Crippen molar-refractivity contribution >= 4 is 25.2 Å². The van der Waals surface area contributed by atoms with E-state index in [1.807, 2.05) is 44.6 Å². The first kappa shape index (κ1) is 30.0. The number of fused-ring (bicyclic) bond motifs is 2. The summed E-state index contributed by atoms with van der Waals surface area (Å²) in [5, 5.41) is 6.05. The number of aryl methyl sites for hydroxylation is 1. The van der Waals surface area contributed by atoms with Gasteiger partial charge in [0.15, 0.2) is 0 Å². The lowest BCUT2D eigenvalue weighted by Crippen LogP contribution is -2.47. The van der Waals surface area contributed by atoms with Crippen LogP contribution >= 0.6 is 0 Å². The molecule has 3 aromatic heterocycles. The molecule has 1 atom stereocenters. The van der Waals surface area contributed by atoms with E-state index in [1.54, 1.807) is 17.0 Å². The molecular formula is C32H42FN5O3Si. The Morgan fingerprint density at radius 1 is 1.14 bits per heavy atom. The summed E-state index contributed by atoms with van der Waals surface area (Å²) in [6.07, 6.45) is 3.54. The molecule has 8 nitrogen and oxygen atoms in total. The van der Waals surface area contributed by atoms with Crippen LogP contribution in [0.25, 0.3) is 33.4 Å². The largest absolute Gasteiger partial charge is 0.444 e. The monoisotopic (exact) mass is 591 g/mol. The molecule has 0 fully saturated rings. The smallest absolute Gasteiger partial charge is 0.410 e. The number of carbonyl (C=O) groups is 1. The molecule has 1 aromatic carbocycles. The molecule has 0 N–H and O–H groups in total. The van der Waals surface area contributed by atoms with Gasteiger partial charge in [0.2, 0.25) is 0 Å². The Morgan fingerprint density at radius 2 is 1.86 bits per heavy atom. The Labute approximate surface area is 248 Å². The third-order valence-corrected chi connectivity index (χ3v) is 9.24. The van der Waals surface area contributed by atoms with Gasteiger partial charge in [-0.2, -0.15) is 5.10 Å². The van der Waals surface area contributed by atoms with E-state index in [0.717, 1.165) is 57.3 Å². The average molecular weight is 592 g/mol. The van der Waals surface area contributed by atoms with E-state index in [0.29, 0.717) is 19.8 Å². The second kappa shape index (κ2) is 11.3. The van der Waals surface area contributed by atoms with Gasteiger partial charge in [-0.3, -0.25) is 9.58 Å². The summed E-state index contributed by atoms with van der Waals surface area (Å²) in [5.74, 6) is -0.303. The summed E-state index contributed by atoms with van der Waals surface area (Å²) in [6.45, 7) is 18.7. The first-order valence-electron chi connectivity index (χ1n) is 14.6. The van der Waals surface area contributed by atoms with Gasteiger partial charge in [-0.05, 0) is 82.1 Å². The van der Waals surface area contributed by atoms with Crippen LogP contribution in [0.3, 0.4) is 0 Å². The van der Waals surface area contributed by atoms with E-state index in [1.165, 1.54) is 12.1 Å². The van der Waals surface area contributed by atoms with Crippen molar-refractivity contribution in [2.45, 2.75) is 91.8 Å². The van der Waals surface area contributed by atoms with Gasteiger partial charge in [0, 0.05) is 43.6 Å². The lowest BCUT2D eigenvalue weighted by atomic mass is 9.95. The van der Waals surface area contributed by atoms with Crippen LogP contribution in [0.5, 0.6) is 0 Å². The van der Waals surface area contributed by atoms with Gasteiger partial charge in [0.05, 0.1) is 24.8 Å². The van der Waals surface area contributed by atoms with E-state index in [2.05, 4.69) is 37.3 Å². The third kappa shape index (κ3) is 6.29. The number of nitrogens with zero attached hydrogens (tertiary/aromatic N) is 5. The number of ether oxygens (including phenoxy) is 2. The zero-order valence-corrected chi connectivity index (χ0v) is 27.0. The second-order valence-electron chi connectivity index (χ2n) is 13.5. The van der Waals surface area contributed by atoms with E-state index in [-0.39, 0.29) is 18.0 Å². The molecule has 0 saturated heterocycles. The maximum absolute atomic E-state index is 13.9. The van der Waals surface area contributed by atoms with Gasteiger partial charge in [-0.1, -0.05) is 19.6 Å². The van der Waals surface area contributed by atoms with E-state index < -0.39 is 13.7 Å². The minimum atomic E-state index is -1.20. The van der Waals surface area contributed by atoms with Crippen molar-refractivity contribution < 1.29 is 18.7 Å². The van der Waals surface area contributed by atoms with Crippen LogP contribution in [-0.4, -0.2) is 56.6 Å². The molecule has 42 heavy (non-hydrogen) atoms. The zero-order valence-electron chi connectivity index (χ0n) is 26.0. The molecule has 0 unspecified atom stereocenters. The molecular weight excluding hydrogens is 549 g/mol. The van der Waals surface area contributed by atoms with Gasteiger partial charge in [-0.15, -0.1) is 0 Å². The van der Waals surface area contributed by atoms with Crippen LogP contribution in [0.4, 0.5) is 9.18 Å². The fourth-order valence-corrected chi connectivity index (χ4v) is 6.15. The van der Waals surface area contributed by atoms with Crippen molar-refractivity contribution in [3.8, 4) is 22.4 Å². The van der Waals surface area contributed by atoms with Crippen LogP contribution in [0.2, 0.25) is 25.7 Å². The standard InChI is InChI=1S/C32H42FN5O3Si/c1-21-17-36(20-40-15-16-42(6,7)8)30-27(21)25(13-14-34-30)28-26-19-37(31(39)41-32(3,4)5)22(2)18-38(26)35-29(28)23-9-11-24(33)12-10-23/h9-14,17,22H,15-16,18-20H2,1-8H3/t22-/m1/s1. The number of aromatic nitrogens is 4. The highest BCUT2D eigenvalue weighted by molar-refractivity contribution is 6.76. The Balaban J connectivity index is 1.61. The third-order valence-electron chi connectivity index (χ3n) is 7.54. The quantitative estimate of drug-likeness (QED) is 0.165. The number of amides is 1.